The molecule has 0 saturated carbocycles. The Hall–Kier alpha value is -2.66. The fraction of sp³-hybridized carbons (Fsp3) is 0.261. The van der Waals surface area contributed by atoms with Crippen molar-refractivity contribution < 1.29 is 9.53 Å². The Balaban J connectivity index is 1.72. The van der Waals surface area contributed by atoms with Crippen LogP contribution in [0.3, 0.4) is 0 Å². The maximum Gasteiger partial charge on any atom is 0.260 e. The van der Waals surface area contributed by atoms with E-state index in [4.69, 9.17) is 4.74 Å². The van der Waals surface area contributed by atoms with Gasteiger partial charge in [-0.2, -0.15) is 0 Å². The molecule has 3 rings (SSSR count). The molecule has 1 heterocycles. The van der Waals surface area contributed by atoms with Gasteiger partial charge in [-0.3, -0.25) is 4.79 Å². The van der Waals surface area contributed by atoms with E-state index >= 15 is 0 Å². The van der Waals surface area contributed by atoms with Crippen LogP contribution in [-0.2, 0) is 17.6 Å². The summed E-state index contributed by atoms with van der Waals surface area (Å²) >= 11 is 1.49. The number of amides is 1. The van der Waals surface area contributed by atoms with E-state index < -0.39 is 0 Å². The monoisotopic (exact) mass is 394 g/mol. The third-order valence-corrected chi connectivity index (χ3v) is 5.47. The normalized spacial score (nSPS) is 17.4. The van der Waals surface area contributed by atoms with E-state index in [1.807, 2.05) is 43.3 Å². The number of allylic oxidation sites excluding steroid dienone is 1. The number of carbonyl (C=O) groups is 1. The summed E-state index contributed by atoms with van der Waals surface area (Å²) < 4.78 is 5.67. The Morgan fingerprint density at radius 3 is 2.68 bits per heavy atom. The second-order valence-electron chi connectivity index (χ2n) is 6.47. The average molecular weight is 395 g/mol. The Morgan fingerprint density at radius 2 is 2.00 bits per heavy atom. The minimum atomic E-state index is -0.179. The van der Waals surface area contributed by atoms with Crippen LogP contribution in [0.4, 0.5) is 5.69 Å². The molecular weight excluding hydrogens is 368 g/mol. The van der Waals surface area contributed by atoms with Crippen LogP contribution in [-0.4, -0.2) is 18.0 Å². The number of benzene rings is 2. The molecule has 28 heavy (non-hydrogen) atoms. The predicted molar refractivity (Wildman–Crippen MR) is 118 cm³/mol. The summed E-state index contributed by atoms with van der Waals surface area (Å²) in [5.74, 6) is 0.801. The first-order valence-electron chi connectivity index (χ1n) is 9.54. The van der Waals surface area contributed by atoms with Gasteiger partial charge < -0.3 is 15.4 Å². The third-order valence-electron chi connectivity index (χ3n) is 4.44. The summed E-state index contributed by atoms with van der Waals surface area (Å²) in [5.41, 5.74) is 4.15. The number of rotatable bonds is 8. The van der Waals surface area contributed by atoms with Crippen molar-refractivity contribution in [2.24, 2.45) is 0 Å². The molecule has 1 amide bonds. The third kappa shape index (κ3) is 4.98. The molecule has 0 aromatic heterocycles. The molecule has 2 aromatic carbocycles. The largest absolute Gasteiger partial charge is 0.494 e. The first kappa shape index (κ1) is 20.1. The van der Waals surface area contributed by atoms with Crippen LogP contribution < -0.4 is 15.4 Å². The quantitative estimate of drug-likeness (QED) is 0.490. The Kier molecular flexibility index (Phi) is 6.82. The minimum Gasteiger partial charge on any atom is -0.494 e. The maximum atomic E-state index is 12.4. The SMILES string of the molecule is C=CCc1cc(/C=C2\S[C@H](Nc3ccc(CC)cc3)NC2=O)ccc1OCC. The zero-order chi connectivity index (χ0) is 19.9. The summed E-state index contributed by atoms with van der Waals surface area (Å²) in [4.78, 5) is 13.1. The zero-order valence-electron chi connectivity index (χ0n) is 16.3. The molecule has 1 atom stereocenters. The summed E-state index contributed by atoms with van der Waals surface area (Å²) in [5, 5.41) is 6.33. The van der Waals surface area contributed by atoms with Crippen molar-refractivity contribution in [1.29, 1.82) is 0 Å². The molecule has 2 aromatic rings. The van der Waals surface area contributed by atoms with Crippen LogP contribution in [0.2, 0.25) is 0 Å². The Morgan fingerprint density at radius 1 is 1.21 bits per heavy atom. The molecule has 0 unspecified atom stereocenters. The van der Waals surface area contributed by atoms with Crippen molar-refractivity contribution >= 4 is 29.4 Å². The smallest absolute Gasteiger partial charge is 0.260 e. The number of hydrogen-bond donors (Lipinski definition) is 2. The fourth-order valence-electron chi connectivity index (χ4n) is 3.01. The van der Waals surface area contributed by atoms with Gasteiger partial charge in [0.25, 0.3) is 5.91 Å². The first-order valence-corrected chi connectivity index (χ1v) is 10.4. The van der Waals surface area contributed by atoms with Gasteiger partial charge in [0.15, 0.2) is 5.50 Å². The number of hydrogen-bond acceptors (Lipinski definition) is 4. The molecule has 1 saturated heterocycles. The highest BCUT2D eigenvalue weighted by molar-refractivity contribution is 8.05. The second-order valence-corrected chi connectivity index (χ2v) is 7.61. The van der Waals surface area contributed by atoms with Crippen molar-refractivity contribution in [3.8, 4) is 5.75 Å². The first-order chi connectivity index (χ1) is 13.6. The summed E-state index contributed by atoms with van der Waals surface area (Å²) in [7, 11) is 0. The molecule has 1 aliphatic rings. The van der Waals surface area contributed by atoms with E-state index in [1.165, 1.54) is 17.3 Å². The van der Waals surface area contributed by atoms with Gasteiger partial charge in [0.1, 0.15) is 5.75 Å². The van der Waals surface area contributed by atoms with E-state index in [1.54, 1.807) is 0 Å². The number of nitrogens with one attached hydrogen (secondary N) is 2. The van der Waals surface area contributed by atoms with Gasteiger partial charge in [0.2, 0.25) is 0 Å². The van der Waals surface area contributed by atoms with Crippen LogP contribution in [0.15, 0.2) is 60.0 Å². The molecule has 1 fully saturated rings. The van der Waals surface area contributed by atoms with E-state index in [0.29, 0.717) is 11.5 Å². The number of carbonyl (C=O) groups excluding carboxylic acids is 1. The molecule has 146 valence electrons. The molecule has 0 spiro atoms. The number of aryl methyl sites for hydroxylation is 1. The lowest BCUT2D eigenvalue weighted by molar-refractivity contribution is -0.116. The molecule has 2 N–H and O–H groups in total. The van der Waals surface area contributed by atoms with Gasteiger partial charge in [-0.15, -0.1) is 6.58 Å². The predicted octanol–water partition coefficient (Wildman–Crippen LogP) is 4.98. The summed E-state index contributed by atoms with van der Waals surface area (Å²) in [6.07, 6.45) is 5.52. The van der Waals surface area contributed by atoms with Crippen LogP contribution in [0.1, 0.15) is 30.5 Å². The molecule has 0 radical (unpaired) electrons. The van der Waals surface area contributed by atoms with E-state index in [-0.39, 0.29) is 11.4 Å². The standard InChI is InChI=1S/C23H26N2O2S/c1-4-7-18-14-17(10-13-20(18)27-6-3)15-21-22(26)25-23(28-21)24-19-11-8-16(5-2)9-12-19/h4,8-15,23-24H,1,5-7H2,2-3H3,(H,25,26)/b21-15-/t23-/m1/s1. The molecule has 0 bridgehead atoms. The topological polar surface area (TPSA) is 50.4 Å². The van der Waals surface area contributed by atoms with Gasteiger partial charge in [-0.05, 0) is 66.8 Å². The van der Waals surface area contributed by atoms with Crippen molar-refractivity contribution in [3.63, 3.8) is 0 Å². The van der Waals surface area contributed by atoms with Crippen molar-refractivity contribution in [3.05, 3.63) is 76.7 Å². The van der Waals surface area contributed by atoms with Crippen molar-refractivity contribution in [2.75, 3.05) is 11.9 Å². The average Bonchev–Trinajstić information content (AvgIpc) is 3.03. The number of anilines is 1. The zero-order valence-corrected chi connectivity index (χ0v) is 17.1. The molecule has 5 heteroatoms. The molecular formula is C23H26N2O2S. The van der Waals surface area contributed by atoms with Gasteiger partial charge >= 0.3 is 0 Å². The minimum absolute atomic E-state index is 0.0631. The highest BCUT2D eigenvalue weighted by atomic mass is 32.2. The van der Waals surface area contributed by atoms with Crippen molar-refractivity contribution in [1.82, 2.24) is 5.32 Å². The number of thioether (sulfide) groups is 1. The van der Waals surface area contributed by atoms with Crippen LogP contribution in [0.5, 0.6) is 5.75 Å². The van der Waals surface area contributed by atoms with Crippen molar-refractivity contribution in [2.45, 2.75) is 32.2 Å². The van der Waals surface area contributed by atoms with Crippen LogP contribution >= 0.6 is 11.8 Å². The van der Waals surface area contributed by atoms with Gasteiger partial charge in [0, 0.05) is 5.69 Å². The van der Waals surface area contributed by atoms with Gasteiger partial charge in [0.05, 0.1) is 11.5 Å². The molecule has 1 aliphatic heterocycles. The van der Waals surface area contributed by atoms with Gasteiger partial charge in [-0.1, -0.05) is 43.0 Å². The molecule has 0 aliphatic carbocycles. The lowest BCUT2D eigenvalue weighted by atomic mass is 10.1. The van der Waals surface area contributed by atoms with Crippen LogP contribution in [0.25, 0.3) is 6.08 Å². The second kappa shape index (κ2) is 9.51. The summed E-state index contributed by atoms with van der Waals surface area (Å²) in [6, 6.07) is 14.3. The lowest BCUT2D eigenvalue weighted by Gasteiger charge is -2.13. The van der Waals surface area contributed by atoms with Crippen LogP contribution in [0, 0.1) is 0 Å². The Bertz CT molecular complexity index is 875. The van der Waals surface area contributed by atoms with E-state index in [2.05, 4.69) is 42.3 Å². The number of ether oxygens (including phenoxy) is 1. The fourth-order valence-corrected chi connectivity index (χ4v) is 3.99. The summed E-state index contributed by atoms with van der Waals surface area (Å²) in [6.45, 7) is 8.54. The highest BCUT2D eigenvalue weighted by Crippen LogP contribution is 2.31. The van der Waals surface area contributed by atoms with Gasteiger partial charge in [-0.25, -0.2) is 0 Å². The van der Waals surface area contributed by atoms with E-state index in [0.717, 1.165) is 35.4 Å². The maximum absolute atomic E-state index is 12.4. The molecule has 4 nitrogen and oxygen atoms in total. The van der Waals surface area contributed by atoms with E-state index in [9.17, 15) is 4.79 Å². The Labute approximate surface area is 171 Å². The highest BCUT2D eigenvalue weighted by Gasteiger charge is 2.27. The lowest BCUT2D eigenvalue weighted by Crippen LogP contribution is -2.30.